The highest BCUT2D eigenvalue weighted by Gasteiger charge is 2.32. The summed E-state index contributed by atoms with van der Waals surface area (Å²) in [5.41, 5.74) is 3.93. The molecular weight excluding hydrogens is 532 g/mol. The van der Waals surface area contributed by atoms with Crippen LogP contribution in [0.3, 0.4) is 0 Å². The van der Waals surface area contributed by atoms with Crippen LogP contribution in [0.5, 0.6) is 0 Å². The molecule has 0 aliphatic carbocycles. The average Bonchev–Trinajstić information content (AvgIpc) is 2.83. The minimum absolute atomic E-state index is 0.0367. The fourth-order valence-corrected chi connectivity index (χ4v) is 5.03. The first-order chi connectivity index (χ1) is 17.1. The molecule has 1 atom stereocenters. The molecule has 3 aromatic rings. The van der Waals surface area contributed by atoms with E-state index in [-0.39, 0.29) is 11.8 Å². The number of nitrogens with zero attached hydrogens (tertiary/aromatic N) is 1. The Balaban J connectivity index is 1.87. The molecule has 6 heteroatoms. The van der Waals surface area contributed by atoms with Gasteiger partial charge in [0, 0.05) is 28.7 Å². The quantitative estimate of drug-likeness (QED) is 0.303. The first-order valence-corrected chi connectivity index (χ1v) is 14.1. The lowest BCUT2D eigenvalue weighted by atomic mass is 10.00. The Morgan fingerprint density at radius 3 is 2.19 bits per heavy atom. The molecule has 0 aromatic heterocycles. The molecular formula is C30H35BrN2O2S. The van der Waals surface area contributed by atoms with Gasteiger partial charge in [0.2, 0.25) is 11.8 Å². The van der Waals surface area contributed by atoms with Crippen molar-refractivity contribution >= 4 is 39.5 Å². The standard InChI is InChI=1S/C30H35BrN2O2S/c1-22-10-8-9-13-25(22)19-33(28(34)21-36-20-24-14-16-26(31)17-15-24)27(29(35)32-30(2,3)4)18-23-11-6-5-7-12-23/h5-17,27H,18-21H2,1-4H3,(H,32,35)/t27-/m1/s1. The second-order valence-electron chi connectivity index (χ2n) is 10.0. The van der Waals surface area contributed by atoms with Gasteiger partial charge >= 0.3 is 0 Å². The number of hydrogen-bond acceptors (Lipinski definition) is 3. The zero-order valence-electron chi connectivity index (χ0n) is 21.5. The van der Waals surface area contributed by atoms with Crippen molar-refractivity contribution in [3.8, 4) is 0 Å². The molecule has 0 heterocycles. The average molecular weight is 568 g/mol. The lowest BCUT2D eigenvalue weighted by Crippen LogP contribution is -2.54. The van der Waals surface area contributed by atoms with Crippen molar-refractivity contribution < 1.29 is 9.59 Å². The summed E-state index contributed by atoms with van der Waals surface area (Å²) in [6.07, 6.45) is 0.456. The lowest BCUT2D eigenvalue weighted by molar-refractivity contribution is -0.140. The Hall–Kier alpha value is -2.57. The molecule has 4 nitrogen and oxygen atoms in total. The summed E-state index contributed by atoms with van der Waals surface area (Å²) in [6, 6.07) is 25.5. The highest BCUT2D eigenvalue weighted by molar-refractivity contribution is 9.10. The maximum Gasteiger partial charge on any atom is 0.243 e. The van der Waals surface area contributed by atoms with Gasteiger partial charge < -0.3 is 10.2 Å². The fraction of sp³-hybridized carbons (Fsp3) is 0.333. The Morgan fingerprint density at radius 1 is 0.917 bits per heavy atom. The number of thioether (sulfide) groups is 1. The highest BCUT2D eigenvalue weighted by Crippen LogP contribution is 2.21. The normalized spacial score (nSPS) is 12.1. The van der Waals surface area contributed by atoms with Crippen LogP contribution >= 0.6 is 27.7 Å². The molecule has 0 radical (unpaired) electrons. The van der Waals surface area contributed by atoms with Gasteiger partial charge in [0.25, 0.3) is 0 Å². The van der Waals surface area contributed by atoms with E-state index in [0.29, 0.717) is 18.7 Å². The molecule has 0 spiro atoms. The third kappa shape index (κ3) is 8.82. The second-order valence-corrected chi connectivity index (χ2v) is 11.9. The fourth-order valence-electron chi connectivity index (χ4n) is 3.90. The van der Waals surface area contributed by atoms with E-state index >= 15 is 0 Å². The number of carbonyl (C=O) groups excluding carboxylic acids is 2. The molecule has 0 aliphatic rings. The molecule has 0 unspecified atom stereocenters. The predicted octanol–water partition coefficient (Wildman–Crippen LogP) is 6.55. The van der Waals surface area contributed by atoms with Crippen molar-refractivity contribution in [3.05, 3.63) is 106 Å². The van der Waals surface area contributed by atoms with Gasteiger partial charge in [-0.05, 0) is 62.1 Å². The minimum atomic E-state index is -0.619. The van der Waals surface area contributed by atoms with Crippen molar-refractivity contribution in [2.75, 3.05) is 5.75 Å². The zero-order chi connectivity index (χ0) is 26.1. The number of nitrogens with one attached hydrogen (secondary N) is 1. The summed E-state index contributed by atoms with van der Waals surface area (Å²) in [5.74, 6) is 0.863. The highest BCUT2D eigenvalue weighted by atomic mass is 79.9. The summed E-state index contributed by atoms with van der Waals surface area (Å²) < 4.78 is 1.03. The van der Waals surface area contributed by atoms with Crippen LogP contribution in [-0.4, -0.2) is 34.0 Å². The summed E-state index contributed by atoms with van der Waals surface area (Å²) in [5, 5.41) is 3.12. The molecule has 0 aliphatic heterocycles. The van der Waals surface area contributed by atoms with E-state index in [2.05, 4.69) is 33.4 Å². The first-order valence-electron chi connectivity index (χ1n) is 12.1. The third-order valence-electron chi connectivity index (χ3n) is 5.78. The molecule has 0 saturated heterocycles. The monoisotopic (exact) mass is 566 g/mol. The van der Waals surface area contributed by atoms with Crippen molar-refractivity contribution in [2.45, 2.75) is 58.0 Å². The molecule has 190 valence electrons. The van der Waals surface area contributed by atoms with Gasteiger partial charge in [-0.2, -0.15) is 0 Å². The molecule has 0 saturated carbocycles. The van der Waals surface area contributed by atoms with Gasteiger partial charge in [-0.1, -0.05) is 82.7 Å². The van der Waals surface area contributed by atoms with Crippen LogP contribution < -0.4 is 5.32 Å². The van der Waals surface area contributed by atoms with Crippen LogP contribution in [-0.2, 0) is 28.3 Å². The van der Waals surface area contributed by atoms with E-state index < -0.39 is 11.6 Å². The summed E-state index contributed by atoms with van der Waals surface area (Å²) in [6.45, 7) is 8.32. The SMILES string of the molecule is Cc1ccccc1CN(C(=O)CSCc1ccc(Br)cc1)[C@H](Cc1ccccc1)C(=O)NC(C)(C)C. The van der Waals surface area contributed by atoms with E-state index in [1.807, 2.05) is 94.4 Å². The number of carbonyl (C=O) groups is 2. The van der Waals surface area contributed by atoms with Crippen LogP contribution in [0.15, 0.2) is 83.3 Å². The molecule has 36 heavy (non-hydrogen) atoms. The van der Waals surface area contributed by atoms with E-state index in [9.17, 15) is 9.59 Å². The van der Waals surface area contributed by atoms with Crippen LogP contribution in [0.4, 0.5) is 0 Å². The third-order valence-corrected chi connectivity index (χ3v) is 7.30. The van der Waals surface area contributed by atoms with Crippen LogP contribution in [0, 0.1) is 6.92 Å². The Morgan fingerprint density at radius 2 is 1.56 bits per heavy atom. The van der Waals surface area contributed by atoms with Crippen molar-refractivity contribution in [1.29, 1.82) is 0 Å². The molecule has 1 N–H and O–H groups in total. The van der Waals surface area contributed by atoms with Gasteiger partial charge in [0.05, 0.1) is 5.75 Å². The first kappa shape index (κ1) is 28.0. The Labute approximate surface area is 228 Å². The van der Waals surface area contributed by atoms with Crippen LogP contribution in [0.1, 0.15) is 43.0 Å². The van der Waals surface area contributed by atoms with E-state index in [0.717, 1.165) is 32.5 Å². The Kier molecular flexibility index (Phi) is 10.2. The van der Waals surface area contributed by atoms with Crippen molar-refractivity contribution in [3.63, 3.8) is 0 Å². The maximum atomic E-state index is 13.7. The van der Waals surface area contributed by atoms with Gasteiger partial charge in [-0.3, -0.25) is 9.59 Å². The number of hydrogen-bond donors (Lipinski definition) is 1. The smallest absolute Gasteiger partial charge is 0.243 e. The topological polar surface area (TPSA) is 49.4 Å². The van der Waals surface area contributed by atoms with E-state index in [4.69, 9.17) is 0 Å². The van der Waals surface area contributed by atoms with E-state index in [1.54, 1.807) is 16.7 Å². The number of halogens is 1. The molecule has 0 fully saturated rings. The number of rotatable bonds is 10. The Bertz CT molecular complexity index is 1140. The summed E-state index contributed by atoms with van der Waals surface area (Å²) in [7, 11) is 0. The number of aryl methyl sites for hydroxylation is 1. The summed E-state index contributed by atoms with van der Waals surface area (Å²) in [4.78, 5) is 29.1. The van der Waals surface area contributed by atoms with Crippen LogP contribution in [0.2, 0.25) is 0 Å². The van der Waals surface area contributed by atoms with Crippen LogP contribution in [0.25, 0.3) is 0 Å². The maximum absolute atomic E-state index is 13.7. The van der Waals surface area contributed by atoms with Crippen molar-refractivity contribution in [2.24, 2.45) is 0 Å². The van der Waals surface area contributed by atoms with Gasteiger partial charge in [-0.15, -0.1) is 11.8 Å². The largest absolute Gasteiger partial charge is 0.350 e. The van der Waals surface area contributed by atoms with Gasteiger partial charge in [0.15, 0.2) is 0 Å². The van der Waals surface area contributed by atoms with E-state index in [1.165, 1.54) is 0 Å². The minimum Gasteiger partial charge on any atom is -0.350 e. The lowest BCUT2D eigenvalue weighted by Gasteiger charge is -2.34. The molecule has 2 amide bonds. The number of amides is 2. The van der Waals surface area contributed by atoms with Crippen molar-refractivity contribution in [1.82, 2.24) is 10.2 Å². The molecule has 3 rings (SSSR count). The molecule has 3 aromatic carbocycles. The van der Waals surface area contributed by atoms with Gasteiger partial charge in [-0.25, -0.2) is 0 Å². The number of benzene rings is 3. The van der Waals surface area contributed by atoms with Gasteiger partial charge in [0.1, 0.15) is 6.04 Å². The predicted molar refractivity (Wildman–Crippen MR) is 154 cm³/mol. The zero-order valence-corrected chi connectivity index (χ0v) is 23.9. The second kappa shape index (κ2) is 13.1. The molecule has 0 bridgehead atoms. The summed E-state index contributed by atoms with van der Waals surface area (Å²) >= 11 is 5.04.